The van der Waals surface area contributed by atoms with E-state index in [1.165, 1.54) is 11.8 Å². The molecule has 1 aliphatic rings. The van der Waals surface area contributed by atoms with E-state index in [1.807, 2.05) is 30.3 Å². The summed E-state index contributed by atoms with van der Waals surface area (Å²) in [6.45, 7) is 0.278. The van der Waals surface area contributed by atoms with Gasteiger partial charge in [0.25, 0.3) is 0 Å². The van der Waals surface area contributed by atoms with E-state index in [2.05, 4.69) is 10.3 Å². The second-order valence-corrected chi connectivity index (χ2v) is 5.20. The van der Waals surface area contributed by atoms with Crippen molar-refractivity contribution in [2.75, 3.05) is 12.3 Å². The van der Waals surface area contributed by atoms with Gasteiger partial charge in [-0.2, -0.15) is 0 Å². The van der Waals surface area contributed by atoms with Crippen molar-refractivity contribution in [1.29, 1.82) is 0 Å². The van der Waals surface area contributed by atoms with Gasteiger partial charge in [-0.3, -0.25) is 9.79 Å². The second-order valence-electron chi connectivity index (χ2n) is 4.11. The van der Waals surface area contributed by atoms with Crippen molar-refractivity contribution in [3.05, 3.63) is 35.9 Å². The molecule has 1 aliphatic heterocycles. The molecule has 1 atom stereocenters. The standard InChI is InChI=1S/C13H14N2O3S.Li/c16-11(6-9-4-2-1-3-5-9)14-7-12-15-10(8-19-12)13(17)18;/h1-5,10H,6-8H2,(H,14,16)(H,17,18);/q;+1/p-1/t10-;/m0./s1. The first-order valence-corrected chi connectivity index (χ1v) is 6.84. The number of hydrogen-bond donors (Lipinski definition) is 1. The van der Waals surface area contributed by atoms with Gasteiger partial charge in [0, 0.05) is 5.75 Å². The summed E-state index contributed by atoms with van der Waals surface area (Å²) in [6, 6.07) is 8.63. The van der Waals surface area contributed by atoms with Gasteiger partial charge in [-0.25, -0.2) is 0 Å². The van der Waals surface area contributed by atoms with Gasteiger partial charge >= 0.3 is 18.9 Å². The van der Waals surface area contributed by atoms with Gasteiger partial charge in [0.15, 0.2) is 0 Å². The third kappa shape index (κ3) is 5.04. The first kappa shape index (κ1) is 16.8. The van der Waals surface area contributed by atoms with Crippen LogP contribution in [0.2, 0.25) is 0 Å². The second kappa shape index (κ2) is 8.15. The van der Waals surface area contributed by atoms with E-state index in [4.69, 9.17) is 0 Å². The van der Waals surface area contributed by atoms with Crippen molar-refractivity contribution >= 4 is 28.7 Å². The molecule has 0 radical (unpaired) electrons. The first-order valence-electron chi connectivity index (χ1n) is 5.86. The Hall–Kier alpha value is -1.22. The number of rotatable bonds is 5. The van der Waals surface area contributed by atoms with E-state index in [0.717, 1.165) is 5.56 Å². The molecule has 7 heteroatoms. The van der Waals surface area contributed by atoms with Gasteiger partial charge < -0.3 is 15.2 Å². The van der Waals surface area contributed by atoms with E-state index in [9.17, 15) is 14.7 Å². The van der Waals surface area contributed by atoms with E-state index in [0.29, 0.717) is 17.2 Å². The van der Waals surface area contributed by atoms with Crippen LogP contribution in [0.5, 0.6) is 0 Å². The molecule has 5 nitrogen and oxygen atoms in total. The number of carbonyl (C=O) groups excluding carboxylic acids is 2. The molecule has 1 aromatic rings. The van der Waals surface area contributed by atoms with Crippen molar-refractivity contribution in [2.24, 2.45) is 4.99 Å². The number of carboxylic acid groups (broad SMARTS) is 1. The van der Waals surface area contributed by atoms with Gasteiger partial charge in [0.05, 0.1) is 30.0 Å². The summed E-state index contributed by atoms with van der Waals surface area (Å²) in [5.41, 5.74) is 0.939. The van der Waals surface area contributed by atoms with Gasteiger partial charge in [-0.1, -0.05) is 30.3 Å². The van der Waals surface area contributed by atoms with Crippen LogP contribution in [-0.2, 0) is 16.0 Å². The maximum Gasteiger partial charge on any atom is 1.00 e. The Morgan fingerprint density at radius 1 is 1.35 bits per heavy atom. The largest absolute Gasteiger partial charge is 1.00 e. The maximum atomic E-state index is 11.7. The summed E-state index contributed by atoms with van der Waals surface area (Å²) < 4.78 is 0. The summed E-state index contributed by atoms with van der Waals surface area (Å²) in [7, 11) is 0. The number of nitrogens with zero attached hydrogens (tertiary/aromatic N) is 1. The van der Waals surface area contributed by atoms with Crippen LogP contribution in [0, 0.1) is 0 Å². The van der Waals surface area contributed by atoms with E-state index in [-0.39, 0.29) is 31.3 Å². The van der Waals surface area contributed by atoms with Crippen molar-refractivity contribution in [1.82, 2.24) is 5.32 Å². The molecule has 0 unspecified atom stereocenters. The monoisotopic (exact) mass is 284 g/mol. The zero-order valence-electron chi connectivity index (χ0n) is 11.2. The molecule has 0 bridgehead atoms. The van der Waals surface area contributed by atoms with Gasteiger partial charge in [-0.05, 0) is 5.56 Å². The average Bonchev–Trinajstić information content (AvgIpc) is 2.86. The van der Waals surface area contributed by atoms with Crippen molar-refractivity contribution in [2.45, 2.75) is 12.5 Å². The third-order valence-corrected chi connectivity index (χ3v) is 3.69. The van der Waals surface area contributed by atoms with Gasteiger partial charge in [0.2, 0.25) is 5.91 Å². The Kier molecular flexibility index (Phi) is 6.86. The van der Waals surface area contributed by atoms with Crippen LogP contribution in [0.1, 0.15) is 5.56 Å². The average molecular weight is 284 g/mol. The summed E-state index contributed by atoms with van der Waals surface area (Å²) in [5.74, 6) is -0.892. The number of carboxylic acids is 1. The smallest absolute Gasteiger partial charge is 0.548 e. The van der Waals surface area contributed by atoms with Crippen LogP contribution in [-0.4, -0.2) is 35.3 Å². The molecule has 1 aromatic carbocycles. The summed E-state index contributed by atoms with van der Waals surface area (Å²) in [4.78, 5) is 26.3. The van der Waals surface area contributed by atoms with Crippen molar-refractivity contribution in [3.63, 3.8) is 0 Å². The summed E-state index contributed by atoms with van der Waals surface area (Å²) in [6.07, 6.45) is 0.308. The predicted molar refractivity (Wildman–Crippen MR) is 71.8 cm³/mol. The maximum absolute atomic E-state index is 11.7. The number of carbonyl (C=O) groups is 2. The van der Waals surface area contributed by atoms with Crippen LogP contribution in [0.15, 0.2) is 35.3 Å². The minimum atomic E-state index is -1.17. The number of nitrogens with one attached hydrogen (secondary N) is 1. The molecule has 0 spiro atoms. The Morgan fingerprint density at radius 3 is 2.65 bits per heavy atom. The van der Waals surface area contributed by atoms with Gasteiger partial charge in [-0.15, -0.1) is 11.8 Å². The Morgan fingerprint density at radius 2 is 2.05 bits per heavy atom. The molecule has 0 aliphatic carbocycles. The minimum absolute atomic E-state index is 0. The molecular weight excluding hydrogens is 271 g/mol. The van der Waals surface area contributed by atoms with Crippen molar-refractivity contribution < 1.29 is 33.6 Å². The number of thioether (sulfide) groups is 1. The molecule has 0 saturated carbocycles. The SMILES string of the molecule is O=C(Cc1ccccc1)NCC1=N[C@H](C(=O)[O-])CS1.[Li+]. The molecule has 100 valence electrons. The quantitative estimate of drug-likeness (QED) is 0.572. The molecule has 0 fully saturated rings. The zero-order chi connectivity index (χ0) is 13.7. The predicted octanol–water partition coefficient (Wildman–Crippen LogP) is -3.39. The summed E-state index contributed by atoms with van der Waals surface area (Å²) in [5, 5.41) is 14.0. The third-order valence-electron chi connectivity index (χ3n) is 2.62. The Bertz CT molecular complexity index is 508. The van der Waals surface area contributed by atoms with E-state index >= 15 is 0 Å². The van der Waals surface area contributed by atoms with Crippen LogP contribution in [0.4, 0.5) is 0 Å². The number of amides is 1. The molecule has 1 heterocycles. The Labute approximate surface area is 133 Å². The molecule has 0 saturated heterocycles. The normalized spacial score (nSPS) is 17.0. The van der Waals surface area contributed by atoms with Crippen LogP contribution >= 0.6 is 11.8 Å². The van der Waals surface area contributed by atoms with Crippen molar-refractivity contribution in [3.8, 4) is 0 Å². The molecular formula is C13H13LiN2O3S. The fraction of sp³-hybridized carbons (Fsp3) is 0.308. The zero-order valence-corrected chi connectivity index (χ0v) is 12.0. The Balaban J connectivity index is 0.00000200. The minimum Gasteiger partial charge on any atom is -0.548 e. The van der Waals surface area contributed by atoms with E-state index in [1.54, 1.807) is 0 Å². The molecule has 0 aromatic heterocycles. The molecule has 1 N–H and O–H groups in total. The number of hydrogen-bond acceptors (Lipinski definition) is 5. The fourth-order valence-electron chi connectivity index (χ4n) is 1.66. The number of aliphatic imine (C=N–C) groups is 1. The van der Waals surface area contributed by atoms with Gasteiger partial charge in [0.1, 0.15) is 0 Å². The molecule has 2 rings (SSSR count). The number of benzene rings is 1. The summed E-state index contributed by atoms with van der Waals surface area (Å²) >= 11 is 1.34. The van der Waals surface area contributed by atoms with Crippen LogP contribution < -0.4 is 29.3 Å². The fourth-order valence-corrected chi connectivity index (χ4v) is 2.60. The number of aliphatic carboxylic acids is 1. The molecule has 1 amide bonds. The first-order chi connectivity index (χ1) is 9.15. The van der Waals surface area contributed by atoms with Crippen LogP contribution in [0.3, 0.4) is 0 Å². The molecule has 20 heavy (non-hydrogen) atoms. The van der Waals surface area contributed by atoms with E-state index < -0.39 is 12.0 Å². The topological polar surface area (TPSA) is 81.6 Å². The van der Waals surface area contributed by atoms with Crippen LogP contribution in [0.25, 0.3) is 0 Å².